The van der Waals surface area contributed by atoms with E-state index >= 15 is 0 Å². The Labute approximate surface area is 131 Å². The lowest BCUT2D eigenvalue weighted by atomic mass is 9.92. The largest absolute Gasteiger partial charge is 0.378 e. The van der Waals surface area contributed by atoms with Gasteiger partial charge in [0.15, 0.2) is 5.60 Å². The monoisotopic (exact) mass is 307 g/mol. The van der Waals surface area contributed by atoms with Gasteiger partial charge in [-0.05, 0) is 26.7 Å². The summed E-state index contributed by atoms with van der Waals surface area (Å²) in [6, 6.07) is 0. The van der Waals surface area contributed by atoms with Gasteiger partial charge in [0.1, 0.15) is 0 Å². The Morgan fingerprint density at radius 3 is 2.82 bits per heavy atom. The Morgan fingerprint density at radius 1 is 1.50 bits per heavy atom. The molecule has 6 heteroatoms. The Balaban J connectivity index is 1.63. The molecule has 1 amide bonds. The van der Waals surface area contributed by atoms with E-state index in [9.17, 15) is 4.79 Å². The van der Waals surface area contributed by atoms with Crippen molar-refractivity contribution in [1.82, 2.24) is 14.9 Å². The third-order valence-electron chi connectivity index (χ3n) is 4.58. The van der Waals surface area contributed by atoms with Gasteiger partial charge in [0.2, 0.25) is 0 Å². The first-order valence-electron chi connectivity index (χ1n) is 8.14. The van der Waals surface area contributed by atoms with Crippen molar-refractivity contribution in [2.45, 2.75) is 50.7 Å². The molecule has 0 spiro atoms. The molecular weight excluding hydrogens is 282 g/mol. The van der Waals surface area contributed by atoms with Crippen molar-refractivity contribution in [3.05, 3.63) is 18.2 Å². The predicted octanol–water partition coefficient (Wildman–Crippen LogP) is 1.70. The normalized spacial score (nSPS) is 26.8. The lowest BCUT2D eigenvalue weighted by molar-refractivity contribution is -0.165. The van der Waals surface area contributed by atoms with E-state index in [1.165, 1.54) is 5.69 Å². The number of imidazole rings is 1. The number of likely N-dealkylation sites (tertiary alicyclic amines) is 1. The third kappa shape index (κ3) is 3.03. The molecule has 1 aromatic rings. The summed E-state index contributed by atoms with van der Waals surface area (Å²) in [5, 5.41) is 0. The number of rotatable bonds is 4. The second-order valence-corrected chi connectivity index (χ2v) is 6.54. The van der Waals surface area contributed by atoms with Crippen LogP contribution in [0.1, 0.15) is 44.7 Å². The highest BCUT2D eigenvalue weighted by Crippen LogP contribution is 2.31. The molecular formula is C16H25N3O3. The summed E-state index contributed by atoms with van der Waals surface area (Å²) in [6.45, 7) is 6.46. The minimum absolute atomic E-state index is 0.0215. The topological polar surface area (TPSA) is 67.5 Å². The summed E-state index contributed by atoms with van der Waals surface area (Å²) >= 11 is 0. The molecule has 3 heterocycles. The summed E-state index contributed by atoms with van der Waals surface area (Å²) < 4.78 is 11.4. The van der Waals surface area contributed by atoms with Crippen LogP contribution in [0, 0.1) is 0 Å². The fraction of sp³-hybridized carbons (Fsp3) is 0.750. The van der Waals surface area contributed by atoms with Gasteiger partial charge < -0.3 is 19.4 Å². The molecule has 22 heavy (non-hydrogen) atoms. The molecule has 0 saturated carbocycles. The first-order valence-corrected chi connectivity index (χ1v) is 8.14. The van der Waals surface area contributed by atoms with Crippen molar-refractivity contribution in [1.29, 1.82) is 0 Å². The van der Waals surface area contributed by atoms with Gasteiger partial charge in [0, 0.05) is 37.3 Å². The molecule has 1 atom stereocenters. The van der Waals surface area contributed by atoms with E-state index in [4.69, 9.17) is 9.47 Å². The van der Waals surface area contributed by atoms with E-state index in [0.29, 0.717) is 25.6 Å². The number of aromatic amines is 1. The average molecular weight is 307 g/mol. The van der Waals surface area contributed by atoms with E-state index in [1.807, 2.05) is 24.9 Å². The Bertz CT molecular complexity index is 487. The van der Waals surface area contributed by atoms with Crippen LogP contribution in [0.25, 0.3) is 0 Å². The number of nitrogens with zero attached hydrogens (tertiary/aromatic N) is 2. The van der Waals surface area contributed by atoms with Crippen LogP contribution < -0.4 is 0 Å². The number of nitrogens with one attached hydrogen (secondary N) is 1. The first-order chi connectivity index (χ1) is 10.6. The van der Waals surface area contributed by atoms with Crippen LogP contribution in [0.3, 0.4) is 0 Å². The Kier molecular flexibility index (Phi) is 4.49. The molecule has 3 rings (SSSR count). The average Bonchev–Trinajstić information content (AvgIpc) is 3.18. The molecule has 1 unspecified atom stereocenters. The molecule has 2 aliphatic heterocycles. The molecule has 0 radical (unpaired) electrons. The van der Waals surface area contributed by atoms with Crippen LogP contribution in [-0.4, -0.2) is 58.8 Å². The van der Waals surface area contributed by atoms with E-state index in [1.54, 1.807) is 6.33 Å². The SMILES string of the molecule is CC(C)OC1(C(=O)N2CCC(c3cnc[nH]3)CC2)CCOC1. The maximum absolute atomic E-state index is 13.0. The lowest BCUT2D eigenvalue weighted by Gasteiger charge is -2.38. The summed E-state index contributed by atoms with van der Waals surface area (Å²) in [4.78, 5) is 22.2. The van der Waals surface area contributed by atoms with Crippen molar-refractivity contribution < 1.29 is 14.3 Å². The van der Waals surface area contributed by atoms with Crippen LogP contribution in [0.5, 0.6) is 0 Å². The number of piperidine rings is 1. The van der Waals surface area contributed by atoms with Gasteiger partial charge in [0.25, 0.3) is 5.91 Å². The van der Waals surface area contributed by atoms with Gasteiger partial charge in [0.05, 0.1) is 25.6 Å². The van der Waals surface area contributed by atoms with Crippen molar-refractivity contribution in [2.75, 3.05) is 26.3 Å². The maximum Gasteiger partial charge on any atom is 0.257 e. The molecule has 122 valence electrons. The van der Waals surface area contributed by atoms with Gasteiger partial charge in [-0.1, -0.05) is 0 Å². The van der Waals surface area contributed by atoms with Crippen LogP contribution in [0.4, 0.5) is 0 Å². The van der Waals surface area contributed by atoms with E-state index in [2.05, 4.69) is 9.97 Å². The zero-order valence-electron chi connectivity index (χ0n) is 13.4. The van der Waals surface area contributed by atoms with Gasteiger partial charge in [-0.2, -0.15) is 0 Å². The number of amides is 1. The molecule has 2 aliphatic rings. The van der Waals surface area contributed by atoms with Crippen LogP contribution in [0.15, 0.2) is 12.5 Å². The summed E-state index contributed by atoms with van der Waals surface area (Å²) in [7, 11) is 0. The third-order valence-corrected chi connectivity index (χ3v) is 4.58. The van der Waals surface area contributed by atoms with Gasteiger partial charge in [-0.15, -0.1) is 0 Å². The maximum atomic E-state index is 13.0. The standard InChI is InChI=1S/C16H25N3O3/c1-12(2)22-16(5-8-21-10-16)15(20)19-6-3-13(4-7-19)14-9-17-11-18-14/h9,11-13H,3-8,10H2,1-2H3,(H,17,18). The number of hydrogen-bond donors (Lipinski definition) is 1. The van der Waals surface area contributed by atoms with Crippen LogP contribution in [0.2, 0.25) is 0 Å². The molecule has 2 fully saturated rings. The van der Waals surface area contributed by atoms with Gasteiger partial charge in [-0.25, -0.2) is 4.98 Å². The number of ether oxygens (including phenoxy) is 2. The van der Waals surface area contributed by atoms with E-state index < -0.39 is 5.60 Å². The van der Waals surface area contributed by atoms with Crippen molar-refractivity contribution in [3.8, 4) is 0 Å². The minimum Gasteiger partial charge on any atom is -0.378 e. The fourth-order valence-corrected chi connectivity index (χ4v) is 3.48. The minimum atomic E-state index is -0.769. The van der Waals surface area contributed by atoms with Crippen LogP contribution >= 0.6 is 0 Å². The molecule has 2 saturated heterocycles. The zero-order valence-corrected chi connectivity index (χ0v) is 13.4. The summed E-state index contributed by atoms with van der Waals surface area (Å²) in [5.74, 6) is 0.565. The molecule has 0 aliphatic carbocycles. The first kappa shape index (κ1) is 15.5. The summed E-state index contributed by atoms with van der Waals surface area (Å²) in [6.07, 6.45) is 6.21. The highest BCUT2D eigenvalue weighted by molar-refractivity contribution is 5.86. The molecule has 6 nitrogen and oxygen atoms in total. The van der Waals surface area contributed by atoms with Crippen molar-refractivity contribution in [2.24, 2.45) is 0 Å². The summed E-state index contributed by atoms with van der Waals surface area (Å²) in [5.41, 5.74) is 0.402. The number of hydrogen-bond acceptors (Lipinski definition) is 4. The van der Waals surface area contributed by atoms with E-state index in [-0.39, 0.29) is 12.0 Å². The Morgan fingerprint density at radius 2 is 2.27 bits per heavy atom. The van der Waals surface area contributed by atoms with Gasteiger partial charge in [-0.3, -0.25) is 4.79 Å². The number of carbonyl (C=O) groups is 1. The lowest BCUT2D eigenvalue weighted by Crippen LogP contribution is -2.54. The van der Waals surface area contributed by atoms with Crippen molar-refractivity contribution >= 4 is 5.91 Å². The quantitative estimate of drug-likeness (QED) is 0.919. The highest BCUT2D eigenvalue weighted by atomic mass is 16.6. The predicted molar refractivity (Wildman–Crippen MR) is 81.5 cm³/mol. The smallest absolute Gasteiger partial charge is 0.257 e. The molecule has 0 bridgehead atoms. The molecule has 1 aromatic heterocycles. The fourth-order valence-electron chi connectivity index (χ4n) is 3.48. The second-order valence-electron chi connectivity index (χ2n) is 6.54. The molecule has 0 aromatic carbocycles. The Hall–Kier alpha value is -1.40. The highest BCUT2D eigenvalue weighted by Gasteiger charge is 2.47. The van der Waals surface area contributed by atoms with Crippen molar-refractivity contribution in [3.63, 3.8) is 0 Å². The number of H-pyrrole nitrogens is 1. The second kappa shape index (κ2) is 6.38. The number of aromatic nitrogens is 2. The van der Waals surface area contributed by atoms with E-state index in [0.717, 1.165) is 25.9 Å². The van der Waals surface area contributed by atoms with Crippen LogP contribution in [-0.2, 0) is 14.3 Å². The van der Waals surface area contributed by atoms with Gasteiger partial charge >= 0.3 is 0 Å². The number of carbonyl (C=O) groups excluding carboxylic acids is 1. The zero-order chi connectivity index (χ0) is 15.6. The molecule has 1 N–H and O–H groups in total.